The second kappa shape index (κ2) is 6.54. The SMILES string of the molecule is CCCNc1ncc(C)c(NC2CCCOC2)n1. The first-order valence-corrected chi connectivity index (χ1v) is 6.71. The second-order valence-electron chi connectivity index (χ2n) is 4.71. The van der Waals surface area contributed by atoms with Gasteiger partial charge in [-0.2, -0.15) is 4.98 Å². The molecule has 0 aliphatic carbocycles. The van der Waals surface area contributed by atoms with Gasteiger partial charge in [0.05, 0.1) is 12.6 Å². The standard InChI is InChI=1S/C13H22N4O/c1-3-6-14-13-15-8-10(2)12(17-13)16-11-5-4-7-18-9-11/h8,11H,3-7,9H2,1-2H3,(H2,14,15,16,17). The quantitative estimate of drug-likeness (QED) is 0.839. The average Bonchev–Trinajstić information content (AvgIpc) is 2.41. The third kappa shape index (κ3) is 3.57. The summed E-state index contributed by atoms with van der Waals surface area (Å²) < 4.78 is 5.47. The molecule has 1 aromatic rings. The highest BCUT2D eigenvalue weighted by atomic mass is 16.5. The lowest BCUT2D eigenvalue weighted by Crippen LogP contribution is -2.30. The summed E-state index contributed by atoms with van der Waals surface area (Å²) in [5.74, 6) is 1.61. The number of aryl methyl sites for hydroxylation is 1. The number of aromatic nitrogens is 2. The maximum absolute atomic E-state index is 5.47. The topological polar surface area (TPSA) is 59.1 Å². The van der Waals surface area contributed by atoms with Crippen molar-refractivity contribution in [3.05, 3.63) is 11.8 Å². The van der Waals surface area contributed by atoms with E-state index < -0.39 is 0 Å². The molecule has 1 saturated heterocycles. The van der Waals surface area contributed by atoms with E-state index in [1.54, 1.807) is 0 Å². The van der Waals surface area contributed by atoms with Gasteiger partial charge in [0.1, 0.15) is 5.82 Å². The molecule has 2 heterocycles. The summed E-state index contributed by atoms with van der Waals surface area (Å²) in [5.41, 5.74) is 1.07. The van der Waals surface area contributed by atoms with Gasteiger partial charge in [-0.1, -0.05) is 6.92 Å². The normalized spacial score (nSPS) is 19.6. The first-order chi connectivity index (χ1) is 8.79. The lowest BCUT2D eigenvalue weighted by molar-refractivity contribution is 0.0875. The van der Waals surface area contributed by atoms with Gasteiger partial charge < -0.3 is 15.4 Å². The maximum Gasteiger partial charge on any atom is 0.224 e. The minimum atomic E-state index is 0.367. The van der Waals surface area contributed by atoms with Crippen LogP contribution in [0.1, 0.15) is 31.7 Å². The Morgan fingerprint density at radius 1 is 1.50 bits per heavy atom. The highest BCUT2D eigenvalue weighted by Gasteiger charge is 2.15. The Labute approximate surface area is 108 Å². The fourth-order valence-corrected chi connectivity index (χ4v) is 1.96. The number of ether oxygens (including phenoxy) is 1. The van der Waals surface area contributed by atoms with Gasteiger partial charge in [-0.15, -0.1) is 0 Å². The van der Waals surface area contributed by atoms with E-state index in [4.69, 9.17) is 4.74 Å². The lowest BCUT2D eigenvalue weighted by atomic mass is 10.1. The molecule has 0 spiro atoms. The van der Waals surface area contributed by atoms with Crippen LogP contribution in [0.2, 0.25) is 0 Å². The Morgan fingerprint density at radius 2 is 2.39 bits per heavy atom. The predicted molar refractivity (Wildman–Crippen MR) is 73.0 cm³/mol. The van der Waals surface area contributed by atoms with Crippen LogP contribution in [-0.2, 0) is 4.74 Å². The van der Waals surface area contributed by atoms with Crippen LogP contribution in [0.25, 0.3) is 0 Å². The Bertz CT molecular complexity index is 377. The monoisotopic (exact) mass is 250 g/mol. The number of hydrogen-bond donors (Lipinski definition) is 2. The number of anilines is 2. The number of nitrogens with zero attached hydrogens (tertiary/aromatic N) is 2. The molecule has 1 aliphatic heterocycles. The van der Waals surface area contributed by atoms with E-state index in [9.17, 15) is 0 Å². The van der Waals surface area contributed by atoms with Crippen LogP contribution in [0.4, 0.5) is 11.8 Å². The summed E-state index contributed by atoms with van der Waals surface area (Å²) in [4.78, 5) is 8.79. The van der Waals surface area contributed by atoms with Gasteiger partial charge >= 0.3 is 0 Å². The molecule has 0 bridgehead atoms. The molecule has 0 amide bonds. The van der Waals surface area contributed by atoms with Gasteiger partial charge in [-0.05, 0) is 26.2 Å². The Morgan fingerprint density at radius 3 is 3.11 bits per heavy atom. The van der Waals surface area contributed by atoms with Gasteiger partial charge in [-0.3, -0.25) is 0 Å². The molecule has 1 atom stereocenters. The summed E-state index contributed by atoms with van der Waals surface area (Å²) in [7, 11) is 0. The average molecular weight is 250 g/mol. The zero-order valence-electron chi connectivity index (χ0n) is 11.2. The lowest BCUT2D eigenvalue weighted by Gasteiger charge is -2.24. The molecule has 5 nitrogen and oxygen atoms in total. The van der Waals surface area contributed by atoms with Crippen molar-refractivity contribution < 1.29 is 4.74 Å². The van der Waals surface area contributed by atoms with Crippen LogP contribution < -0.4 is 10.6 Å². The van der Waals surface area contributed by atoms with Crippen molar-refractivity contribution in [3.8, 4) is 0 Å². The molecule has 1 aliphatic rings. The molecule has 2 rings (SSSR count). The van der Waals surface area contributed by atoms with Gasteiger partial charge in [0.25, 0.3) is 0 Å². The molecule has 5 heteroatoms. The predicted octanol–water partition coefficient (Wildman–Crippen LogP) is 2.20. The summed E-state index contributed by atoms with van der Waals surface area (Å²) in [5, 5.41) is 6.66. The maximum atomic E-state index is 5.47. The van der Waals surface area contributed by atoms with Crippen molar-refractivity contribution in [2.75, 3.05) is 30.4 Å². The molecule has 1 aromatic heterocycles. The molecule has 2 N–H and O–H groups in total. The van der Waals surface area contributed by atoms with E-state index in [1.807, 2.05) is 13.1 Å². The molecule has 1 fully saturated rings. The first-order valence-electron chi connectivity index (χ1n) is 6.71. The minimum Gasteiger partial charge on any atom is -0.379 e. The molecule has 0 saturated carbocycles. The van der Waals surface area contributed by atoms with E-state index >= 15 is 0 Å². The molecule has 0 radical (unpaired) electrons. The van der Waals surface area contributed by atoms with Crippen LogP contribution in [0.5, 0.6) is 0 Å². The third-order valence-electron chi connectivity index (χ3n) is 3.01. The zero-order chi connectivity index (χ0) is 12.8. The molecule has 18 heavy (non-hydrogen) atoms. The Kier molecular flexibility index (Phi) is 4.75. The first kappa shape index (κ1) is 13.1. The van der Waals surface area contributed by atoms with E-state index in [-0.39, 0.29) is 0 Å². The summed E-state index contributed by atoms with van der Waals surface area (Å²) >= 11 is 0. The molecule has 100 valence electrons. The van der Waals surface area contributed by atoms with Crippen LogP contribution in [-0.4, -0.2) is 35.8 Å². The van der Waals surface area contributed by atoms with Gasteiger partial charge in [-0.25, -0.2) is 4.98 Å². The number of nitrogens with one attached hydrogen (secondary N) is 2. The van der Waals surface area contributed by atoms with Gasteiger partial charge in [0, 0.05) is 24.9 Å². The molecule has 0 aromatic carbocycles. The largest absolute Gasteiger partial charge is 0.379 e. The van der Waals surface area contributed by atoms with Crippen molar-refractivity contribution in [1.82, 2.24) is 9.97 Å². The van der Waals surface area contributed by atoms with Crippen LogP contribution in [0.15, 0.2) is 6.20 Å². The minimum absolute atomic E-state index is 0.367. The zero-order valence-corrected chi connectivity index (χ0v) is 11.2. The van der Waals surface area contributed by atoms with Crippen molar-refractivity contribution in [3.63, 3.8) is 0 Å². The van der Waals surface area contributed by atoms with Gasteiger partial charge in [0.2, 0.25) is 5.95 Å². The molecular weight excluding hydrogens is 228 g/mol. The van der Waals surface area contributed by atoms with Crippen molar-refractivity contribution in [2.24, 2.45) is 0 Å². The summed E-state index contributed by atoms with van der Waals surface area (Å²) in [6, 6.07) is 0.367. The van der Waals surface area contributed by atoms with Crippen LogP contribution >= 0.6 is 0 Å². The summed E-state index contributed by atoms with van der Waals surface area (Å²) in [6.07, 6.45) is 5.18. The smallest absolute Gasteiger partial charge is 0.224 e. The molecular formula is C13H22N4O. The van der Waals surface area contributed by atoms with E-state index in [0.29, 0.717) is 12.0 Å². The second-order valence-corrected chi connectivity index (χ2v) is 4.71. The Hall–Kier alpha value is -1.36. The highest BCUT2D eigenvalue weighted by molar-refractivity contribution is 5.47. The van der Waals surface area contributed by atoms with E-state index in [1.165, 1.54) is 0 Å². The fourth-order valence-electron chi connectivity index (χ4n) is 1.96. The molecule has 1 unspecified atom stereocenters. The summed E-state index contributed by atoms with van der Waals surface area (Å²) in [6.45, 7) is 6.69. The van der Waals surface area contributed by atoms with Crippen molar-refractivity contribution in [1.29, 1.82) is 0 Å². The van der Waals surface area contributed by atoms with Crippen molar-refractivity contribution >= 4 is 11.8 Å². The van der Waals surface area contributed by atoms with E-state index in [0.717, 1.165) is 50.4 Å². The number of rotatable bonds is 5. The highest BCUT2D eigenvalue weighted by Crippen LogP contribution is 2.17. The fraction of sp³-hybridized carbons (Fsp3) is 0.692. The van der Waals surface area contributed by atoms with Crippen LogP contribution in [0, 0.1) is 6.92 Å². The number of hydrogen-bond acceptors (Lipinski definition) is 5. The van der Waals surface area contributed by atoms with Crippen molar-refractivity contribution in [2.45, 2.75) is 39.2 Å². The van der Waals surface area contributed by atoms with E-state index in [2.05, 4.69) is 27.5 Å². The third-order valence-corrected chi connectivity index (χ3v) is 3.01. The van der Waals surface area contributed by atoms with Crippen LogP contribution in [0.3, 0.4) is 0 Å². The Balaban J connectivity index is 2.00. The van der Waals surface area contributed by atoms with Gasteiger partial charge in [0.15, 0.2) is 0 Å².